The fourth-order valence-electron chi connectivity index (χ4n) is 4.98. The number of nitrogens with one attached hydrogen (secondary N) is 1. The Labute approximate surface area is 236 Å². The summed E-state index contributed by atoms with van der Waals surface area (Å²) >= 11 is 0. The van der Waals surface area contributed by atoms with Crippen LogP contribution in [0.2, 0.25) is 0 Å². The lowest BCUT2D eigenvalue weighted by Crippen LogP contribution is -2.45. The number of aliphatic hydroxyl groups is 3. The topological polar surface area (TPSA) is 89.8 Å². The molecule has 0 rings (SSSR count). The monoisotopic (exact) mass is 539 g/mol. The first-order valence-corrected chi connectivity index (χ1v) is 16.5. The molecule has 3 atom stereocenters. The number of carbonyl (C=O) groups is 1. The molecule has 38 heavy (non-hydrogen) atoms. The normalized spacial score (nSPS) is 14.1. The predicted molar refractivity (Wildman–Crippen MR) is 162 cm³/mol. The molecule has 0 aromatic carbocycles. The van der Waals surface area contributed by atoms with Crippen molar-refractivity contribution in [2.75, 3.05) is 6.61 Å². The molecule has 3 unspecified atom stereocenters. The van der Waals surface area contributed by atoms with Gasteiger partial charge in [-0.15, -0.1) is 0 Å². The van der Waals surface area contributed by atoms with Crippen molar-refractivity contribution >= 4 is 5.91 Å². The van der Waals surface area contributed by atoms with Crippen molar-refractivity contribution in [2.45, 2.75) is 186 Å². The third kappa shape index (κ3) is 25.4. The van der Waals surface area contributed by atoms with Crippen molar-refractivity contribution in [3.8, 4) is 0 Å². The molecular formula is C33H65NO4. The van der Waals surface area contributed by atoms with Gasteiger partial charge < -0.3 is 20.6 Å². The van der Waals surface area contributed by atoms with Crippen molar-refractivity contribution in [3.05, 3.63) is 12.2 Å². The van der Waals surface area contributed by atoms with E-state index in [1.165, 1.54) is 116 Å². The van der Waals surface area contributed by atoms with Crippen LogP contribution in [0.5, 0.6) is 0 Å². The van der Waals surface area contributed by atoms with Gasteiger partial charge >= 0.3 is 0 Å². The summed E-state index contributed by atoms with van der Waals surface area (Å²) in [6.07, 6.45) is 30.5. The van der Waals surface area contributed by atoms with E-state index >= 15 is 0 Å². The van der Waals surface area contributed by atoms with Crippen LogP contribution in [-0.2, 0) is 4.79 Å². The molecule has 1 amide bonds. The quantitative estimate of drug-likeness (QED) is 0.0570. The number of rotatable bonds is 29. The summed E-state index contributed by atoms with van der Waals surface area (Å²) in [6, 6.07) is -0.735. The highest BCUT2D eigenvalue weighted by Gasteiger charge is 2.20. The summed E-state index contributed by atoms with van der Waals surface area (Å²) in [6.45, 7) is 4.16. The van der Waals surface area contributed by atoms with Crippen LogP contribution in [0.3, 0.4) is 0 Å². The maximum atomic E-state index is 12.3. The van der Waals surface area contributed by atoms with Crippen LogP contribution < -0.4 is 5.32 Å². The van der Waals surface area contributed by atoms with Crippen molar-refractivity contribution in [1.29, 1.82) is 0 Å². The van der Waals surface area contributed by atoms with Gasteiger partial charge in [-0.05, 0) is 19.3 Å². The fourth-order valence-corrected chi connectivity index (χ4v) is 4.98. The SMILES string of the molecule is CCCCCCCCCCCCCCC/C=C/C(O)C(CO)NC(=O)CC(O)CCCCCCCCCC. The zero-order valence-electron chi connectivity index (χ0n) is 25.3. The summed E-state index contributed by atoms with van der Waals surface area (Å²) in [5.41, 5.74) is 0. The minimum absolute atomic E-state index is 0.0163. The number of hydrogen-bond donors (Lipinski definition) is 4. The van der Waals surface area contributed by atoms with Crippen LogP contribution in [0, 0.1) is 0 Å². The first-order chi connectivity index (χ1) is 18.5. The molecule has 0 saturated carbocycles. The predicted octanol–water partition coefficient (Wildman–Crippen LogP) is 8.14. The van der Waals surface area contributed by atoms with E-state index in [0.717, 1.165) is 25.7 Å². The Morgan fingerprint density at radius 1 is 0.658 bits per heavy atom. The molecule has 4 N–H and O–H groups in total. The Morgan fingerprint density at radius 2 is 1.08 bits per heavy atom. The van der Waals surface area contributed by atoms with E-state index in [1.54, 1.807) is 6.08 Å². The van der Waals surface area contributed by atoms with Gasteiger partial charge in [0.1, 0.15) is 0 Å². The van der Waals surface area contributed by atoms with E-state index in [1.807, 2.05) is 6.08 Å². The molecule has 0 aromatic heterocycles. The van der Waals surface area contributed by atoms with Gasteiger partial charge in [-0.1, -0.05) is 154 Å². The Bertz CT molecular complexity index is 525. The molecule has 0 spiro atoms. The van der Waals surface area contributed by atoms with Gasteiger partial charge in [-0.25, -0.2) is 0 Å². The minimum Gasteiger partial charge on any atom is -0.394 e. The summed E-state index contributed by atoms with van der Waals surface area (Å²) in [4.78, 5) is 12.3. The molecule has 0 aromatic rings. The van der Waals surface area contributed by atoms with Gasteiger partial charge in [-0.3, -0.25) is 4.79 Å². The molecule has 5 nitrogen and oxygen atoms in total. The maximum absolute atomic E-state index is 12.3. The molecule has 0 fully saturated rings. The molecule has 0 bridgehead atoms. The summed E-state index contributed by atoms with van der Waals surface area (Å²) in [5.74, 6) is -0.319. The lowest BCUT2D eigenvalue weighted by Gasteiger charge is -2.21. The fraction of sp³-hybridized carbons (Fsp3) is 0.909. The average Bonchev–Trinajstić information content (AvgIpc) is 2.90. The first kappa shape index (κ1) is 37.1. The van der Waals surface area contributed by atoms with Gasteiger partial charge in [0, 0.05) is 0 Å². The number of hydrogen-bond acceptors (Lipinski definition) is 4. The van der Waals surface area contributed by atoms with Gasteiger partial charge in [0.15, 0.2) is 0 Å². The Morgan fingerprint density at radius 3 is 1.53 bits per heavy atom. The zero-order chi connectivity index (χ0) is 28.1. The maximum Gasteiger partial charge on any atom is 0.222 e. The van der Waals surface area contributed by atoms with E-state index in [2.05, 4.69) is 19.2 Å². The van der Waals surface area contributed by atoms with E-state index in [4.69, 9.17) is 0 Å². The Kier molecular flexibility index (Phi) is 28.4. The second-order valence-corrected chi connectivity index (χ2v) is 11.4. The minimum atomic E-state index is -0.921. The lowest BCUT2D eigenvalue weighted by atomic mass is 10.0. The van der Waals surface area contributed by atoms with E-state index in [-0.39, 0.29) is 18.9 Å². The van der Waals surface area contributed by atoms with Crippen molar-refractivity contribution < 1.29 is 20.1 Å². The summed E-state index contributed by atoms with van der Waals surface area (Å²) < 4.78 is 0. The molecule has 0 aliphatic heterocycles. The van der Waals surface area contributed by atoms with Crippen molar-refractivity contribution in [1.82, 2.24) is 5.32 Å². The third-order valence-corrected chi connectivity index (χ3v) is 7.57. The largest absolute Gasteiger partial charge is 0.394 e. The smallest absolute Gasteiger partial charge is 0.222 e. The van der Waals surface area contributed by atoms with Crippen LogP contribution in [0.1, 0.15) is 168 Å². The number of aliphatic hydroxyl groups excluding tert-OH is 3. The Hall–Kier alpha value is -0.910. The van der Waals surface area contributed by atoms with Gasteiger partial charge in [-0.2, -0.15) is 0 Å². The third-order valence-electron chi connectivity index (χ3n) is 7.57. The Balaban J connectivity index is 3.76. The molecule has 0 heterocycles. The second-order valence-electron chi connectivity index (χ2n) is 11.4. The highest BCUT2D eigenvalue weighted by Crippen LogP contribution is 2.14. The van der Waals surface area contributed by atoms with Crippen LogP contribution >= 0.6 is 0 Å². The molecule has 0 aliphatic carbocycles. The molecular weight excluding hydrogens is 474 g/mol. The van der Waals surface area contributed by atoms with Crippen molar-refractivity contribution in [3.63, 3.8) is 0 Å². The van der Waals surface area contributed by atoms with Gasteiger partial charge in [0.05, 0.1) is 31.3 Å². The zero-order valence-corrected chi connectivity index (χ0v) is 25.3. The van der Waals surface area contributed by atoms with Gasteiger partial charge in [0.2, 0.25) is 5.91 Å². The molecule has 0 radical (unpaired) electrons. The highest BCUT2D eigenvalue weighted by molar-refractivity contribution is 5.76. The molecule has 5 heteroatoms. The van der Waals surface area contributed by atoms with Crippen LogP contribution in [0.4, 0.5) is 0 Å². The second kappa shape index (κ2) is 29.1. The number of unbranched alkanes of at least 4 members (excludes halogenated alkanes) is 20. The number of carbonyl (C=O) groups excluding carboxylic acids is 1. The molecule has 0 aliphatic rings. The van der Waals surface area contributed by atoms with E-state index in [9.17, 15) is 20.1 Å². The van der Waals surface area contributed by atoms with E-state index < -0.39 is 18.2 Å². The standard InChI is InChI=1S/C33H65NO4/c1-3-5-7-9-11-13-14-15-16-17-18-19-21-23-25-27-32(37)31(29-35)34-33(38)28-30(36)26-24-22-20-12-10-8-6-4-2/h25,27,30-32,35-37H,3-24,26,28-29H2,1-2H3,(H,34,38)/b27-25+. The lowest BCUT2D eigenvalue weighted by molar-refractivity contribution is -0.124. The number of amides is 1. The summed E-state index contributed by atoms with van der Waals surface area (Å²) in [7, 11) is 0. The van der Waals surface area contributed by atoms with Gasteiger partial charge in [0.25, 0.3) is 0 Å². The highest BCUT2D eigenvalue weighted by atomic mass is 16.3. The number of allylic oxidation sites excluding steroid dienone is 1. The average molecular weight is 540 g/mol. The van der Waals surface area contributed by atoms with Crippen LogP contribution in [-0.4, -0.2) is 46.1 Å². The van der Waals surface area contributed by atoms with Crippen LogP contribution in [0.15, 0.2) is 12.2 Å². The van der Waals surface area contributed by atoms with Crippen molar-refractivity contribution in [2.24, 2.45) is 0 Å². The summed E-state index contributed by atoms with van der Waals surface area (Å²) in [5, 5.41) is 32.8. The first-order valence-electron chi connectivity index (χ1n) is 16.5. The van der Waals surface area contributed by atoms with Crippen LogP contribution in [0.25, 0.3) is 0 Å². The van der Waals surface area contributed by atoms with E-state index in [0.29, 0.717) is 6.42 Å². The molecule has 0 saturated heterocycles. The molecule has 226 valence electrons.